The molecule has 0 saturated heterocycles. The van der Waals surface area contributed by atoms with Crippen molar-refractivity contribution in [3.63, 3.8) is 0 Å². The number of rotatable bonds is 5. The summed E-state index contributed by atoms with van der Waals surface area (Å²) in [5, 5.41) is 15.4. The van der Waals surface area contributed by atoms with E-state index in [0.29, 0.717) is 10.9 Å². The first-order valence-corrected chi connectivity index (χ1v) is 9.91. The van der Waals surface area contributed by atoms with Gasteiger partial charge in [-0.2, -0.15) is 4.98 Å². The van der Waals surface area contributed by atoms with Gasteiger partial charge in [-0.05, 0) is 25.5 Å². The molecule has 0 aliphatic carbocycles. The lowest BCUT2D eigenvalue weighted by molar-refractivity contribution is 0.101. The van der Waals surface area contributed by atoms with Crippen molar-refractivity contribution in [3.05, 3.63) is 59.2 Å². The molecule has 4 rings (SSSR count). The predicted molar refractivity (Wildman–Crippen MR) is 104 cm³/mol. The van der Waals surface area contributed by atoms with E-state index in [-0.39, 0.29) is 5.82 Å². The van der Waals surface area contributed by atoms with Gasteiger partial charge in [0.1, 0.15) is 0 Å². The quantitative estimate of drug-likeness (QED) is 0.408. The van der Waals surface area contributed by atoms with E-state index >= 15 is 0 Å². The van der Waals surface area contributed by atoms with Crippen molar-refractivity contribution in [2.45, 2.75) is 23.9 Å². The molecule has 27 heavy (non-hydrogen) atoms. The summed E-state index contributed by atoms with van der Waals surface area (Å²) in [6.07, 6.45) is 0. The zero-order chi connectivity index (χ0) is 18.8. The number of fused-ring (bicyclic) bond motifs is 1. The van der Waals surface area contributed by atoms with Gasteiger partial charge in [0.2, 0.25) is 11.0 Å². The molecule has 0 fully saturated rings. The number of nitrogens with one attached hydrogen (secondary N) is 1. The van der Waals surface area contributed by atoms with Crippen LogP contribution >= 0.6 is 23.1 Å². The highest BCUT2D eigenvalue weighted by Gasteiger charge is 2.17. The number of hydrogen-bond donors (Lipinski definition) is 1. The molecule has 8 nitrogen and oxygen atoms in total. The topological polar surface area (TPSA) is 98.0 Å². The number of aromatic nitrogens is 6. The number of aryl methyl sites for hydroxylation is 2. The van der Waals surface area contributed by atoms with Crippen LogP contribution in [0.2, 0.25) is 0 Å². The molecular weight excluding hydrogens is 382 g/mol. The van der Waals surface area contributed by atoms with Crippen molar-refractivity contribution in [3.8, 4) is 0 Å². The first-order valence-electron chi connectivity index (χ1n) is 8.11. The van der Waals surface area contributed by atoms with Gasteiger partial charge in [0.25, 0.3) is 11.7 Å². The van der Waals surface area contributed by atoms with E-state index in [2.05, 4.69) is 42.7 Å². The Balaban J connectivity index is 1.44. The Morgan fingerprint density at radius 1 is 1.19 bits per heavy atom. The lowest BCUT2D eigenvalue weighted by atomic mass is 10.2. The van der Waals surface area contributed by atoms with E-state index in [0.717, 1.165) is 21.5 Å². The molecule has 3 heterocycles. The third-order valence-corrected chi connectivity index (χ3v) is 5.70. The molecule has 10 heteroatoms. The van der Waals surface area contributed by atoms with E-state index in [4.69, 9.17) is 0 Å². The minimum Gasteiger partial charge on any atom is -0.294 e. The zero-order valence-electron chi connectivity index (χ0n) is 14.6. The van der Waals surface area contributed by atoms with E-state index in [9.17, 15) is 4.79 Å². The third kappa shape index (κ3) is 3.96. The minimum absolute atomic E-state index is 0.0462. The van der Waals surface area contributed by atoms with Crippen molar-refractivity contribution in [1.29, 1.82) is 0 Å². The molecule has 0 aliphatic heterocycles. The second-order valence-electron chi connectivity index (χ2n) is 5.79. The molecular formula is C17H15N7OS2. The summed E-state index contributed by atoms with van der Waals surface area (Å²) in [5.74, 6) is 0.800. The number of thioether (sulfide) groups is 1. The lowest BCUT2D eigenvalue weighted by Gasteiger charge is -1.97. The van der Waals surface area contributed by atoms with E-state index in [1.54, 1.807) is 16.3 Å². The molecule has 4 aromatic rings. The van der Waals surface area contributed by atoms with Crippen LogP contribution in [-0.2, 0) is 5.75 Å². The number of hydrogen-bond acceptors (Lipinski definition) is 8. The van der Waals surface area contributed by atoms with Crippen molar-refractivity contribution in [2.24, 2.45) is 0 Å². The zero-order valence-corrected chi connectivity index (χ0v) is 16.2. The Morgan fingerprint density at radius 2 is 2.00 bits per heavy atom. The van der Waals surface area contributed by atoms with Gasteiger partial charge in [-0.3, -0.25) is 10.1 Å². The summed E-state index contributed by atoms with van der Waals surface area (Å²) in [6, 6.07) is 12.0. The maximum atomic E-state index is 12.4. The monoisotopic (exact) mass is 397 g/mol. The van der Waals surface area contributed by atoms with E-state index < -0.39 is 5.91 Å². The third-order valence-electron chi connectivity index (χ3n) is 3.65. The minimum atomic E-state index is -0.437. The SMILES string of the molecule is Cc1cc(C)n2nc(C(=O)Nc3nnc(SCc4ccccc4)s3)nc2n1. The Hall–Kier alpha value is -2.85. The molecule has 1 amide bonds. The van der Waals surface area contributed by atoms with Crippen molar-refractivity contribution < 1.29 is 4.79 Å². The summed E-state index contributed by atoms with van der Waals surface area (Å²) in [4.78, 5) is 20.9. The average Bonchev–Trinajstić information content (AvgIpc) is 3.28. The van der Waals surface area contributed by atoms with Gasteiger partial charge in [0, 0.05) is 17.1 Å². The molecule has 1 aromatic carbocycles. The average molecular weight is 397 g/mol. The van der Waals surface area contributed by atoms with Crippen molar-refractivity contribution in [1.82, 2.24) is 29.8 Å². The molecule has 0 aliphatic rings. The van der Waals surface area contributed by atoms with Crippen LogP contribution in [0.1, 0.15) is 27.6 Å². The first-order chi connectivity index (χ1) is 13.1. The smallest absolute Gasteiger partial charge is 0.294 e. The van der Waals surface area contributed by atoms with Crippen LogP contribution in [0.5, 0.6) is 0 Å². The van der Waals surface area contributed by atoms with Gasteiger partial charge in [-0.15, -0.1) is 15.3 Å². The fourth-order valence-electron chi connectivity index (χ4n) is 2.45. The molecule has 1 N–H and O–H groups in total. The van der Waals surface area contributed by atoms with Crippen LogP contribution in [0, 0.1) is 13.8 Å². The number of carbonyl (C=O) groups is 1. The maximum absolute atomic E-state index is 12.4. The van der Waals surface area contributed by atoms with Crippen LogP contribution in [0.4, 0.5) is 5.13 Å². The predicted octanol–water partition coefficient (Wildman–Crippen LogP) is 3.14. The van der Waals surface area contributed by atoms with Crippen LogP contribution in [0.3, 0.4) is 0 Å². The van der Waals surface area contributed by atoms with Crippen molar-refractivity contribution in [2.75, 3.05) is 5.32 Å². The summed E-state index contributed by atoms with van der Waals surface area (Å²) in [7, 11) is 0. The van der Waals surface area contributed by atoms with Gasteiger partial charge in [-0.25, -0.2) is 9.50 Å². The van der Waals surface area contributed by atoms with Gasteiger partial charge in [0.15, 0.2) is 4.34 Å². The van der Waals surface area contributed by atoms with Gasteiger partial charge >= 0.3 is 0 Å². The number of benzene rings is 1. The van der Waals surface area contributed by atoms with Crippen molar-refractivity contribution >= 4 is 39.9 Å². The summed E-state index contributed by atoms with van der Waals surface area (Å²) < 4.78 is 2.33. The number of nitrogens with zero attached hydrogens (tertiary/aromatic N) is 6. The van der Waals surface area contributed by atoms with Crippen LogP contribution in [0.15, 0.2) is 40.7 Å². The largest absolute Gasteiger partial charge is 0.297 e. The van der Waals surface area contributed by atoms with Crippen LogP contribution in [0.25, 0.3) is 5.78 Å². The normalized spacial score (nSPS) is 11.0. The second kappa shape index (κ2) is 7.41. The molecule has 3 aromatic heterocycles. The van der Waals surface area contributed by atoms with E-state index in [1.165, 1.54) is 16.9 Å². The Morgan fingerprint density at radius 3 is 2.81 bits per heavy atom. The molecule has 136 valence electrons. The Labute approximate surface area is 163 Å². The highest BCUT2D eigenvalue weighted by Crippen LogP contribution is 2.28. The molecule has 0 radical (unpaired) electrons. The summed E-state index contributed by atoms with van der Waals surface area (Å²) >= 11 is 2.89. The molecule has 0 unspecified atom stereocenters. The lowest BCUT2D eigenvalue weighted by Crippen LogP contribution is -2.13. The second-order valence-corrected chi connectivity index (χ2v) is 7.99. The Kier molecular flexibility index (Phi) is 4.82. The van der Waals surface area contributed by atoms with Crippen LogP contribution < -0.4 is 5.32 Å². The molecule has 0 spiro atoms. The van der Waals surface area contributed by atoms with Gasteiger partial charge in [-0.1, -0.05) is 53.4 Å². The van der Waals surface area contributed by atoms with Gasteiger partial charge in [0.05, 0.1) is 0 Å². The molecule has 0 atom stereocenters. The van der Waals surface area contributed by atoms with Gasteiger partial charge < -0.3 is 0 Å². The fraction of sp³-hybridized carbons (Fsp3) is 0.176. The first kappa shape index (κ1) is 17.6. The Bertz CT molecular complexity index is 1110. The number of anilines is 1. The number of amides is 1. The maximum Gasteiger partial charge on any atom is 0.297 e. The molecule has 0 bridgehead atoms. The summed E-state index contributed by atoms with van der Waals surface area (Å²) in [5.41, 5.74) is 2.89. The molecule has 0 saturated carbocycles. The summed E-state index contributed by atoms with van der Waals surface area (Å²) in [6.45, 7) is 3.76. The standard InChI is InChI=1S/C17H15N7OS2/c1-10-8-11(2)24-15(18-10)19-13(23-24)14(25)20-16-21-22-17(27-16)26-9-12-6-4-3-5-7-12/h3-8H,9H2,1-2H3,(H,20,21,25). The van der Waals surface area contributed by atoms with Crippen LogP contribution in [-0.4, -0.2) is 35.7 Å². The number of carbonyl (C=O) groups excluding carboxylic acids is 1. The van der Waals surface area contributed by atoms with E-state index in [1.807, 2.05) is 38.1 Å². The highest BCUT2D eigenvalue weighted by atomic mass is 32.2. The highest BCUT2D eigenvalue weighted by molar-refractivity contribution is 8.00. The fourth-order valence-corrected chi connectivity index (χ4v) is 4.16.